The van der Waals surface area contributed by atoms with Gasteiger partial charge >= 0.3 is 5.97 Å². The molecule has 43 heavy (non-hydrogen) atoms. The first kappa shape index (κ1) is 30.3. The van der Waals surface area contributed by atoms with Crippen LogP contribution in [-0.4, -0.2) is 62.5 Å². The quantitative estimate of drug-likeness (QED) is 0.172. The molecule has 0 spiro atoms. The van der Waals surface area contributed by atoms with Gasteiger partial charge in [-0.05, 0) is 72.5 Å². The van der Waals surface area contributed by atoms with Crippen LogP contribution < -0.4 is 14.8 Å². The molecule has 1 unspecified atom stereocenters. The minimum absolute atomic E-state index is 0.0301. The van der Waals surface area contributed by atoms with Gasteiger partial charge in [0.25, 0.3) is 0 Å². The predicted octanol–water partition coefficient (Wildman–Crippen LogP) is 4.74. The van der Waals surface area contributed by atoms with Gasteiger partial charge in [0.2, 0.25) is 10.0 Å². The van der Waals surface area contributed by atoms with Crippen LogP contribution in [0.25, 0.3) is 10.8 Å². The number of esters is 1. The fourth-order valence-electron chi connectivity index (χ4n) is 5.94. The van der Waals surface area contributed by atoms with E-state index in [1.165, 1.54) is 4.31 Å². The van der Waals surface area contributed by atoms with E-state index in [1.54, 1.807) is 19.9 Å². The number of piperidine rings is 1. The van der Waals surface area contributed by atoms with Crippen molar-refractivity contribution in [3.05, 3.63) is 71.3 Å². The number of hydrogen-bond donors (Lipinski definition) is 3. The molecule has 1 fully saturated rings. The van der Waals surface area contributed by atoms with Crippen LogP contribution in [0.4, 0.5) is 5.69 Å². The maximum Gasteiger partial charge on any atom is 0.305 e. The number of amidine groups is 2. The van der Waals surface area contributed by atoms with Crippen LogP contribution in [-0.2, 0) is 26.0 Å². The second-order valence-electron chi connectivity index (χ2n) is 11.2. The molecular weight excluding hydrogens is 566 g/mol. The predicted molar refractivity (Wildman–Crippen MR) is 169 cm³/mol. The SMILES string of the molecule is CCOC(=O)CCCS(=O)(=O)N1c2ccc(OC3CCN(C(C)=N)CC3)cc2CC1c1ccc2ccc(C(=N)N)cc2c1. The molecular formula is C32H39N5O5S. The van der Waals surface area contributed by atoms with Crippen molar-refractivity contribution in [3.8, 4) is 5.75 Å². The Morgan fingerprint density at radius 3 is 2.47 bits per heavy atom. The molecule has 5 rings (SSSR count). The van der Waals surface area contributed by atoms with E-state index in [1.807, 2.05) is 53.4 Å². The summed E-state index contributed by atoms with van der Waals surface area (Å²) in [6.07, 6.45) is 2.32. The van der Waals surface area contributed by atoms with Gasteiger partial charge in [-0.1, -0.05) is 24.3 Å². The smallest absolute Gasteiger partial charge is 0.305 e. The summed E-state index contributed by atoms with van der Waals surface area (Å²) in [6.45, 7) is 5.33. The molecule has 0 amide bonds. The highest BCUT2D eigenvalue weighted by Crippen LogP contribution is 2.44. The zero-order valence-electron chi connectivity index (χ0n) is 24.6. The molecule has 1 saturated heterocycles. The monoisotopic (exact) mass is 605 g/mol. The molecule has 11 heteroatoms. The third-order valence-electron chi connectivity index (χ3n) is 8.15. The summed E-state index contributed by atoms with van der Waals surface area (Å²) < 4.78 is 40.6. The van der Waals surface area contributed by atoms with Gasteiger partial charge < -0.3 is 20.1 Å². The molecule has 0 aromatic heterocycles. The van der Waals surface area contributed by atoms with E-state index in [0.717, 1.165) is 47.8 Å². The zero-order chi connectivity index (χ0) is 30.7. The van der Waals surface area contributed by atoms with Crippen LogP contribution in [0.3, 0.4) is 0 Å². The van der Waals surface area contributed by atoms with Crippen molar-refractivity contribution in [2.75, 3.05) is 29.8 Å². The van der Waals surface area contributed by atoms with E-state index in [4.69, 9.17) is 26.0 Å². The second-order valence-corrected chi connectivity index (χ2v) is 13.1. The Morgan fingerprint density at radius 1 is 1.02 bits per heavy atom. The zero-order valence-corrected chi connectivity index (χ0v) is 25.5. The number of nitrogens with one attached hydrogen (secondary N) is 2. The number of nitrogens with zero attached hydrogens (tertiary/aromatic N) is 2. The van der Waals surface area contributed by atoms with E-state index in [2.05, 4.69) is 0 Å². The number of anilines is 1. The summed E-state index contributed by atoms with van der Waals surface area (Å²) in [5, 5.41) is 17.5. The van der Waals surface area contributed by atoms with E-state index in [-0.39, 0.29) is 37.1 Å². The van der Waals surface area contributed by atoms with Gasteiger partial charge in [-0.3, -0.25) is 19.9 Å². The first-order valence-electron chi connectivity index (χ1n) is 14.7. The molecule has 10 nitrogen and oxygen atoms in total. The van der Waals surface area contributed by atoms with Crippen LogP contribution in [0.1, 0.15) is 62.3 Å². The van der Waals surface area contributed by atoms with Gasteiger partial charge in [0, 0.05) is 44.3 Å². The Balaban J connectivity index is 1.44. The summed E-state index contributed by atoms with van der Waals surface area (Å²) in [6, 6.07) is 16.5. The average Bonchev–Trinajstić information content (AvgIpc) is 3.37. The summed E-state index contributed by atoms with van der Waals surface area (Å²) in [7, 11) is -3.81. The van der Waals surface area contributed by atoms with Crippen LogP contribution in [0.2, 0.25) is 0 Å². The van der Waals surface area contributed by atoms with Gasteiger partial charge in [-0.25, -0.2) is 8.42 Å². The number of sulfonamides is 1. The maximum absolute atomic E-state index is 13.9. The van der Waals surface area contributed by atoms with Crippen molar-refractivity contribution < 1.29 is 22.7 Å². The summed E-state index contributed by atoms with van der Waals surface area (Å²) in [4.78, 5) is 13.9. The standard InChI is InChI=1S/C32H39N5O5S/c1-3-41-31(38)5-4-16-43(39,40)37-29-11-10-28(42-27-12-14-36(15-13-27)21(2)33)19-26(29)20-30(37)23-8-6-22-7-9-24(32(34)35)18-25(22)17-23/h6-11,17-19,27,30,33H,3-5,12-16,20H2,1-2H3,(H3,34,35). The molecule has 3 aromatic carbocycles. The lowest BCUT2D eigenvalue weighted by Crippen LogP contribution is -2.40. The minimum Gasteiger partial charge on any atom is -0.490 e. The number of carbonyl (C=O) groups is 1. The van der Waals surface area contributed by atoms with Crippen molar-refractivity contribution in [2.45, 2.75) is 58.1 Å². The fourth-order valence-corrected chi connectivity index (χ4v) is 7.71. The number of ether oxygens (including phenoxy) is 2. The summed E-state index contributed by atoms with van der Waals surface area (Å²) >= 11 is 0. The third kappa shape index (κ3) is 6.77. The average molecular weight is 606 g/mol. The Morgan fingerprint density at radius 2 is 1.77 bits per heavy atom. The van der Waals surface area contributed by atoms with Crippen molar-refractivity contribution in [3.63, 3.8) is 0 Å². The van der Waals surface area contributed by atoms with Gasteiger partial charge in [0.1, 0.15) is 17.7 Å². The second kappa shape index (κ2) is 12.6. The number of nitrogens with two attached hydrogens (primary N) is 1. The van der Waals surface area contributed by atoms with Crippen LogP contribution in [0.5, 0.6) is 5.75 Å². The lowest BCUT2D eigenvalue weighted by Gasteiger charge is -2.33. The van der Waals surface area contributed by atoms with Crippen molar-refractivity contribution in [1.82, 2.24) is 4.90 Å². The van der Waals surface area contributed by atoms with Gasteiger partial charge in [0.15, 0.2) is 0 Å². The van der Waals surface area contributed by atoms with Crippen molar-refractivity contribution >= 4 is 44.1 Å². The molecule has 2 aliphatic rings. The largest absolute Gasteiger partial charge is 0.490 e. The molecule has 0 aliphatic carbocycles. The topological polar surface area (TPSA) is 150 Å². The lowest BCUT2D eigenvalue weighted by molar-refractivity contribution is -0.143. The molecule has 2 aliphatic heterocycles. The molecule has 0 radical (unpaired) electrons. The van der Waals surface area contributed by atoms with E-state index in [0.29, 0.717) is 29.3 Å². The highest BCUT2D eigenvalue weighted by atomic mass is 32.2. The Labute approximate surface area is 252 Å². The number of likely N-dealkylation sites (tertiary alicyclic amines) is 1. The van der Waals surface area contributed by atoms with Gasteiger partial charge in [0.05, 0.1) is 29.9 Å². The van der Waals surface area contributed by atoms with E-state index < -0.39 is 22.0 Å². The normalized spacial score (nSPS) is 17.1. The number of carbonyl (C=O) groups excluding carboxylic acids is 1. The maximum atomic E-state index is 13.9. The highest BCUT2D eigenvalue weighted by Gasteiger charge is 2.38. The third-order valence-corrected chi connectivity index (χ3v) is 10.0. The van der Waals surface area contributed by atoms with E-state index in [9.17, 15) is 13.2 Å². The Hall–Kier alpha value is -4.12. The van der Waals surface area contributed by atoms with Crippen LogP contribution in [0, 0.1) is 10.8 Å². The Bertz CT molecular complexity index is 1650. The van der Waals surface area contributed by atoms with Crippen LogP contribution in [0.15, 0.2) is 54.6 Å². The first-order chi connectivity index (χ1) is 20.6. The lowest BCUT2D eigenvalue weighted by atomic mass is 9.98. The minimum atomic E-state index is -3.81. The van der Waals surface area contributed by atoms with Crippen molar-refractivity contribution in [1.29, 1.82) is 10.8 Å². The number of rotatable bonds is 10. The molecule has 0 bridgehead atoms. The summed E-state index contributed by atoms with van der Waals surface area (Å²) in [5.41, 5.74) is 8.65. The van der Waals surface area contributed by atoms with Crippen LogP contribution >= 0.6 is 0 Å². The molecule has 2 heterocycles. The molecule has 1 atom stereocenters. The number of fused-ring (bicyclic) bond motifs is 2. The number of benzene rings is 3. The van der Waals surface area contributed by atoms with Gasteiger partial charge in [-0.15, -0.1) is 0 Å². The molecule has 4 N–H and O–H groups in total. The van der Waals surface area contributed by atoms with E-state index >= 15 is 0 Å². The number of nitrogen functional groups attached to an aromatic ring is 1. The first-order valence-corrected chi connectivity index (χ1v) is 16.3. The Kier molecular flexibility index (Phi) is 8.91. The fraction of sp³-hybridized carbons (Fsp3) is 0.406. The van der Waals surface area contributed by atoms with Crippen molar-refractivity contribution in [2.24, 2.45) is 5.73 Å². The molecule has 3 aromatic rings. The number of hydrogen-bond acceptors (Lipinski definition) is 7. The summed E-state index contributed by atoms with van der Waals surface area (Å²) in [5.74, 6) is 0.644. The van der Waals surface area contributed by atoms with Gasteiger partial charge in [-0.2, -0.15) is 0 Å². The highest BCUT2D eigenvalue weighted by molar-refractivity contribution is 7.92. The molecule has 0 saturated carbocycles. The molecule has 228 valence electrons.